The summed E-state index contributed by atoms with van der Waals surface area (Å²) in [5.41, 5.74) is 0. The van der Waals surface area contributed by atoms with Crippen molar-refractivity contribution in [1.82, 2.24) is 0 Å². The normalized spacial score (nSPS) is 5.29. The molecule has 0 unspecified atom stereocenters. The van der Waals surface area contributed by atoms with E-state index in [-0.39, 0.29) is 34.4 Å². The van der Waals surface area contributed by atoms with E-state index in [1.54, 1.807) is 0 Å². The predicted octanol–water partition coefficient (Wildman–Crippen LogP) is -12.3. The van der Waals surface area contributed by atoms with E-state index in [2.05, 4.69) is 0 Å². The van der Waals surface area contributed by atoms with Gasteiger partial charge in [0.05, 0.1) is 56.6 Å². The molecule has 0 aliphatic heterocycles. The van der Waals surface area contributed by atoms with Crippen LogP contribution in [0.1, 0.15) is 0 Å². The van der Waals surface area contributed by atoms with Gasteiger partial charge in [-0.3, -0.25) is 0 Å². The maximum Gasteiger partial charge on any atom is 3.00 e. The van der Waals surface area contributed by atoms with Gasteiger partial charge in [0.1, 0.15) is 0 Å². The van der Waals surface area contributed by atoms with Gasteiger partial charge in [-0.25, -0.2) is 0 Å². The average molecular weight is 420 g/mol. The molecule has 0 saturated heterocycles. The van der Waals surface area contributed by atoms with E-state index in [4.69, 9.17) is 46.6 Å². The molecule has 0 saturated carbocycles. The van der Waals surface area contributed by atoms with Gasteiger partial charge in [-0.05, 0) is 0 Å². The Morgan fingerprint density at radius 3 is 0.353 bits per heavy atom. The molecule has 0 bridgehead atoms. The molecule has 0 radical (unpaired) electrons. The van der Waals surface area contributed by atoms with Crippen LogP contribution in [0, 0.1) is 56.6 Å². The van der Waals surface area contributed by atoms with Crippen molar-refractivity contribution >= 4 is 17.4 Å². The van der Waals surface area contributed by atoms with Gasteiger partial charge in [-0.1, -0.05) is 0 Å². The van der Waals surface area contributed by atoms with Gasteiger partial charge in [0.2, 0.25) is 0 Å². The monoisotopic (exact) mass is 418 g/mol. The Morgan fingerprint density at radius 1 is 0.353 bits per heavy atom. The zero-order valence-electron chi connectivity index (χ0n) is 6.90. The van der Waals surface area contributed by atoms with Crippen LogP contribution < -0.4 is 46.6 Å². The van der Waals surface area contributed by atoms with Crippen molar-refractivity contribution in [2.45, 2.75) is 0 Å². The van der Waals surface area contributed by atoms with Crippen LogP contribution in [0.4, 0.5) is 0 Å². The first-order chi connectivity index (χ1) is 7.07. The van der Waals surface area contributed by atoms with Crippen molar-refractivity contribution in [2.24, 2.45) is 0 Å². The van der Waals surface area contributed by atoms with E-state index in [0.29, 0.717) is 0 Å². The van der Waals surface area contributed by atoms with Crippen molar-refractivity contribution in [3.05, 3.63) is 0 Å². The minimum absolute atomic E-state index is 0. The molecule has 0 atom stereocenters. The molecule has 0 spiro atoms. The van der Waals surface area contributed by atoms with Crippen LogP contribution in [0.2, 0.25) is 0 Å². The van der Waals surface area contributed by atoms with E-state index >= 15 is 0 Å². The van der Waals surface area contributed by atoms with Crippen molar-refractivity contribution in [2.75, 3.05) is 0 Å². The Morgan fingerprint density at radius 2 is 0.353 bits per heavy atom. The fourth-order valence-corrected chi connectivity index (χ4v) is 0. The minimum Gasteiger partial charge on any atom is -0.544 e. The predicted molar refractivity (Wildman–Crippen MR) is 5.75 cm³/mol. The third-order valence-corrected chi connectivity index (χ3v) is 0. The Labute approximate surface area is 137 Å². The Balaban J connectivity index is -0.0000000143. The molecule has 0 amide bonds. The van der Waals surface area contributed by atoms with Crippen LogP contribution in [0.3, 0.4) is 0 Å². The van der Waals surface area contributed by atoms with E-state index in [1.165, 1.54) is 0 Å². The van der Waals surface area contributed by atoms with Crippen molar-refractivity contribution in [3.8, 4) is 0 Å². The molecule has 0 aromatic carbocycles. The quantitative estimate of drug-likeness (QED) is 0.336. The van der Waals surface area contributed by atoms with Crippen LogP contribution in [0.15, 0.2) is 0 Å². The second kappa shape index (κ2) is 105. The van der Waals surface area contributed by atoms with Gasteiger partial charge in [-0.2, -0.15) is 0 Å². The number of hydrogen-bond acceptors (Lipinski definition) is 10. The Kier molecular flexibility index (Phi) is 264. The molecule has 0 fully saturated rings. The first-order valence-electron chi connectivity index (χ1n) is 1.54. The van der Waals surface area contributed by atoms with E-state index in [1.807, 2.05) is 0 Å². The van der Waals surface area contributed by atoms with E-state index in [0.717, 1.165) is 0 Å². The maximum atomic E-state index is 8.24. The smallest absolute Gasteiger partial charge is 0.544 e. The van der Waals surface area contributed by atoms with Gasteiger partial charge in [-0.15, -0.1) is 0 Å². The van der Waals surface area contributed by atoms with Gasteiger partial charge in [0.25, 0.3) is 0 Å². The maximum absolute atomic E-state index is 8.24. The van der Waals surface area contributed by atoms with Gasteiger partial charge in [0.15, 0.2) is 0 Å². The molecule has 0 aromatic heterocycles. The molecule has 0 rings (SSSR count). The topological polar surface area (TPSA) is 231 Å². The van der Waals surface area contributed by atoms with Crippen LogP contribution in [-0.2, 0) is 17.1 Å². The number of rotatable bonds is 0. The summed E-state index contributed by atoms with van der Waals surface area (Å²) in [6.45, 7) is 0. The fraction of sp³-hybridized carbons (Fsp3) is 0. The number of hydrogen-bond donors (Lipinski definition) is 0. The molecule has 0 N–H and O–H groups in total. The fourth-order valence-electron chi connectivity index (χ4n) is 0. The molecular formula is AlCl5FeO10. The molecule has 0 aliphatic rings. The first kappa shape index (κ1) is 42.7. The second-order valence-corrected chi connectivity index (χ2v) is 0.945. The molecule has 0 heterocycles. The molecule has 0 aliphatic carbocycles. The summed E-state index contributed by atoms with van der Waals surface area (Å²) in [7, 11) is 0. The third kappa shape index (κ3) is 1060. The summed E-state index contributed by atoms with van der Waals surface area (Å²) < 4.78 is 82.4. The van der Waals surface area contributed by atoms with E-state index in [9.17, 15) is 0 Å². The van der Waals surface area contributed by atoms with Crippen molar-refractivity contribution in [3.63, 3.8) is 0 Å². The summed E-state index contributed by atoms with van der Waals surface area (Å²) >= 11 is -2.08. The van der Waals surface area contributed by atoms with Crippen molar-refractivity contribution in [1.29, 1.82) is 0 Å². The first-order valence-corrected chi connectivity index (χ1v) is 4.63. The Hall–Kier alpha value is 2.10. The van der Waals surface area contributed by atoms with Crippen LogP contribution in [0.25, 0.3) is 0 Å². The van der Waals surface area contributed by atoms with Crippen molar-refractivity contribution < 1.29 is 120 Å². The van der Waals surface area contributed by atoms with Gasteiger partial charge < -0.3 is 46.6 Å². The summed E-state index contributed by atoms with van der Waals surface area (Å²) in [6.07, 6.45) is 0. The van der Waals surface area contributed by atoms with Gasteiger partial charge in [0, 0.05) is 0 Å². The molecule has 0 aromatic rings. The zero-order valence-corrected chi connectivity index (χ0v) is 12.9. The average Bonchev–Trinajstić information content (AvgIpc) is 2.09. The second-order valence-electron chi connectivity index (χ2n) is 0.315. The molecule has 106 valence electrons. The van der Waals surface area contributed by atoms with Gasteiger partial charge >= 0.3 is 34.4 Å². The molecule has 17 heavy (non-hydrogen) atoms. The Bertz CT molecular complexity index is 36.3. The largest absolute Gasteiger partial charge is 3.00 e. The number of halogens is 5. The van der Waals surface area contributed by atoms with Crippen LogP contribution >= 0.6 is 0 Å². The zero-order chi connectivity index (χ0) is 13.5. The summed E-state index contributed by atoms with van der Waals surface area (Å²) in [6, 6.07) is 0. The standard InChI is InChI=1S/Al.5ClO2.Fe/c;5*2-1-3;/q+3;5*-1;+2. The SMILES string of the molecule is [Al+3].[Fe+2].[O-][Cl+][O-].[O-][Cl+][O-].[O-][Cl+][O-].[O-][Cl+][O-].[O-][Cl+][O-]. The molecular weight excluding hydrogens is 420 g/mol. The summed E-state index contributed by atoms with van der Waals surface area (Å²) in [5.74, 6) is 0. The van der Waals surface area contributed by atoms with E-state index < -0.39 is 56.6 Å². The van der Waals surface area contributed by atoms with Crippen LogP contribution in [0.5, 0.6) is 0 Å². The minimum atomic E-state index is -0.417. The summed E-state index contributed by atoms with van der Waals surface area (Å²) in [4.78, 5) is 0. The van der Waals surface area contributed by atoms with Crippen LogP contribution in [-0.4, -0.2) is 17.4 Å². The molecule has 10 nitrogen and oxygen atoms in total. The third-order valence-electron chi connectivity index (χ3n) is 0. The molecule has 17 heteroatoms. The summed E-state index contributed by atoms with van der Waals surface area (Å²) in [5, 5.41) is 0.